The van der Waals surface area contributed by atoms with Crippen molar-refractivity contribution >= 4 is 5.91 Å². The third-order valence-corrected chi connectivity index (χ3v) is 4.17. The first kappa shape index (κ1) is 18.8. The quantitative estimate of drug-likeness (QED) is 0.739. The van der Waals surface area contributed by atoms with E-state index in [-0.39, 0.29) is 5.91 Å². The number of benzene rings is 2. The molecular weight excluding hydrogens is 314 g/mol. The van der Waals surface area contributed by atoms with Crippen molar-refractivity contribution in [1.29, 1.82) is 0 Å². The highest BCUT2D eigenvalue weighted by Crippen LogP contribution is 2.19. The molecule has 2 aromatic carbocycles. The summed E-state index contributed by atoms with van der Waals surface area (Å²) in [7, 11) is 0. The highest BCUT2D eigenvalue weighted by atomic mass is 16.5. The third-order valence-electron chi connectivity index (χ3n) is 4.17. The van der Waals surface area contributed by atoms with Crippen LogP contribution in [0.3, 0.4) is 0 Å². The fourth-order valence-electron chi connectivity index (χ4n) is 2.42. The summed E-state index contributed by atoms with van der Waals surface area (Å²) in [6.07, 6.45) is 0.112. The zero-order valence-electron chi connectivity index (χ0n) is 15.5. The van der Waals surface area contributed by atoms with Gasteiger partial charge in [0.05, 0.1) is 6.54 Å². The molecule has 25 heavy (non-hydrogen) atoms. The summed E-state index contributed by atoms with van der Waals surface area (Å²) >= 11 is 0. The molecule has 0 saturated heterocycles. The molecule has 1 unspecified atom stereocenters. The summed E-state index contributed by atoms with van der Waals surface area (Å²) in [5, 5.41) is 2.88. The lowest BCUT2D eigenvalue weighted by Gasteiger charge is -2.18. The number of nitrogens with one attached hydrogen (secondary N) is 1. The van der Waals surface area contributed by atoms with Crippen LogP contribution in [0.4, 0.5) is 0 Å². The molecule has 2 aromatic rings. The fraction of sp³-hybridized carbons (Fsp3) is 0.381. The van der Waals surface area contributed by atoms with E-state index in [0.29, 0.717) is 19.6 Å². The highest BCUT2D eigenvalue weighted by molar-refractivity contribution is 5.81. The molecule has 0 radical (unpaired) electrons. The molecule has 0 fully saturated rings. The van der Waals surface area contributed by atoms with Gasteiger partial charge in [0.1, 0.15) is 18.1 Å². The Morgan fingerprint density at radius 2 is 1.80 bits per heavy atom. The average Bonchev–Trinajstić information content (AvgIpc) is 2.60. The standard InChI is InChI=1S/C21H27NO3/c1-5-19(25-20-9-7-6-8-16(20)3)21(23)22-12-13-24-18-11-10-15(2)17(4)14-18/h6-11,14,19H,5,12-13H2,1-4H3,(H,22,23). The van der Waals surface area contributed by atoms with E-state index in [1.165, 1.54) is 11.1 Å². The topological polar surface area (TPSA) is 47.6 Å². The second-order valence-corrected chi connectivity index (χ2v) is 6.17. The first-order chi connectivity index (χ1) is 12.0. The van der Waals surface area contributed by atoms with Gasteiger partial charge in [0.2, 0.25) is 0 Å². The molecule has 1 atom stereocenters. The molecule has 0 aliphatic carbocycles. The number of carbonyl (C=O) groups excluding carboxylic acids is 1. The van der Waals surface area contributed by atoms with E-state index in [2.05, 4.69) is 19.2 Å². The van der Waals surface area contributed by atoms with Crippen LogP contribution >= 0.6 is 0 Å². The second kappa shape index (κ2) is 9.11. The minimum absolute atomic E-state index is 0.116. The van der Waals surface area contributed by atoms with Crippen molar-refractivity contribution in [3.63, 3.8) is 0 Å². The van der Waals surface area contributed by atoms with Gasteiger partial charge < -0.3 is 14.8 Å². The third kappa shape index (κ3) is 5.52. The van der Waals surface area contributed by atoms with Crippen molar-refractivity contribution in [3.05, 3.63) is 59.2 Å². The van der Waals surface area contributed by atoms with Gasteiger partial charge in [0.25, 0.3) is 5.91 Å². The van der Waals surface area contributed by atoms with Crippen molar-refractivity contribution in [2.24, 2.45) is 0 Å². The normalized spacial score (nSPS) is 11.7. The van der Waals surface area contributed by atoms with Crippen LogP contribution in [-0.4, -0.2) is 25.2 Å². The van der Waals surface area contributed by atoms with E-state index in [4.69, 9.17) is 9.47 Å². The van der Waals surface area contributed by atoms with E-state index in [1.807, 2.05) is 56.3 Å². The first-order valence-corrected chi connectivity index (χ1v) is 8.71. The zero-order chi connectivity index (χ0) is 18.2. The summed E-state index contributed by atoms with van der Waals surface area (Å²) in [6.45, 7) is 8.90. The monoisotopic (exact) mass is 341 g/mol. The number of hydrogen-bond donors (Lipinski definition) is 1. The lowest BCUT2D eigenvalue weighted by atomic mass is 10.1. The van der Waals surface area contributed by atoms with Crippen molar-refractivity contribution < 1.29 is 14.3 Å². The predicted octanol–water partition coefficient (Wildman–Crippen LogP) is 3.96. The van der Waals surface area contributed by atoms with Gasteiger partial charge >= 0.3 is 0 Å². The molecule has 0 saturated carbocycles. The Kier molecular flexibility index (Phi) is 6.87. The van der Waals surface area contributed by atoms with Gasteiger partial charge in [-0.3, -0.25) is 4.79 Å². The van der Waals surface area contributed by atoms with Gasteiger partial charge in [-0.15, -0.1) is 0 Å². The van der Waals surface area contributed by atoms with Crippen LogP contribution in [0.1, 0.15) is 30.0 Å². The molecule has 0 aromatic heterocycles. The maximum Gasteiger partial charge on any atom is 0.261 e. The SMILES string of the molecule is CCC(Oc1ccccc1C)C(=O)NCCOc1ccc(C)c(C)c1. The molecule has 0 aliphatic rings. The summed E-state index contributed by atoms with van der Waals surface area (Å²) in [5.41, 5.74) is 3.45. The van der Waals surface area contributed by atoms with Gasteiger partial charge in [0.15, 0.2) is 6.10 Å². The molecule has 1 N–H and O–H groups in total. The summed E-state index contributed by atoms with van der Waals surface area (Å²) in [5.74, 6) is 1.45. The predicted molar refractivity (Wildman–Crippen MR) is 100 cm³/mol. The summed E-state index contributed by atoms with van der Waals surface area (Å²) in [6, 6.07) is 13.7. The van der Waals surface area contributed by atoms with E-state index in [0.717, 1.165) is 17.1 Å². The molecule has 2 rings (SSSR count). The smallest absolute Gasteiger partial charge is 0.261 e. The first-order valence-electron chi connectivity index (χ1n) is 8.71. The second-order valence-electron chi connectivity index (χ2n) is 6.17. The van der Waals surface area contributed by atoms with Crippen LogP contribution < -0.4 is 14.8 Å². The Labute approximate surface area is 150 Å². The van der Waals surface area contributed by atoms with Gasteiger partial charge in [-0.25, -0.2) is 0 Å². The molecule has 0 spiro atoms. The largest absolute Gasteiger partial charge is 0.492 e. The fourth-order valence-corrected chi connectivity index (χ4v) is 2.42. The van der Waals surface area contributed by atoms with Gasteiger partial charge in [-0.1, -0.05) is 31.2 Å². The minimum Gasteiger partial charge on any atom is -0.492 e. The van der Waals surface area contributed by atoms with Gasteiger partial charge in [-0.2, -0.15) is 0 Å². The molecule has 1 amide bonds. The van der Waals surface area contributed by atoms with Gasteiger partial charge in [0, 0.05) is 0 Å². The van der Waals surface area contributed by atoms with Crippen LogP contribution in [0.2, 0.25) is 0 Å². The molecule has 4 heteroatoms. The number of rotatable bonds is 8. The molecule has 0 bridgehead atoms. The average molecular weight is 341 g/mol. The molecular formula is C21H27NO3. The minimum atomic E-state index is -0.497. The highest BCUT2D eigenvalue weighted by Gasteiger charge is 2.18. The zero-order valence-corrected chi connectivity index (χ0v) is 15.5. The number of aryl methyl sites for hydroxylation is 3. The Morgan fingerprint density at radius 3 is 2.48 bits per heavy atom. The molecule has 0 aliphatic heterocycles. The van der Waals surface area contributed by atoms with E-state index < -0.39 is 6.10 Å². The van der Waals surface area contributed by atoms with E-state index in [1.54, 1.807) is 0 Å². The number of para-hydroxylation sites is 1. The lowest BCUT2D eigenvalue weighted by Crippen LogP contribution is -2.39. The van der Waals surface area contributed by atoms with Crippen LogP contribution in [0.5, 0.6) is 11.5 Å². The van der Waals surface area contributed by atoms with Crippen molar-refractivity contribution in [2.75, 3.05) is 13.2 Å². The van der Waals surface area contributed by atoms with E-state index >= 15 is 0 Å². The maximum absolute atomic E-state index is 12.3. The number of hydrogen-bond acceptors (Lipinski definition) is 3. The maximum atomic E-state index is 12.3. The number of carbonyl (C=O) groups is 1. The van der Waals surface area contributed by atoms with Crippen LogP contribution in [-0.2, 0) is 4.79 Å². The van der Waals surface area contributed by atoms with Crippen LogP contribution in [0.15, 0.2) is 42.5 Å². The summed E-state index contributed by atoms with van der Waals surface area (Å²) < 4.78 is 11.5. The lowest BCUT2D eigenvalue weighted by molar-refractivity contribution is -0.128. The Bertz CT molecular complexity index is 712. The number of amides is 1. The van der Waals surface area contributed by atoms with Crippen LogP contribution in [0, 0.1) is 20.8 Å². The number of ether oxygens (including phenoxy) is 2. The Balaban J connectivity index is 1.79. The molecule has 0 heterocycles. The Morgan fingerprint density at radius 1 is 1.04 bits per heavy atom. The van der Waals surface area contributed by atoms with Crippen molar-refractivity contribution in [1.82, 2.24) is 5.32 Å². The molecule has 134 valence electrons. The molecule has 4 nitrogen and oxygen atoms in total. The van der Waals surface area contributed by atoms with Gasteiger partial charge in [-0.05, 0) is 62.1 Å². The van der Waals surface area contributed by atoms with Crippen molar-refractivity contribution in [3.8, 4) is 11.5 Å². The van der Waals surface area contributed by atoms with Crippen LogP contribution in [0.25, 0.3) is 0 Å². The Hall–Kier alpha value is -2.49. The van der Waals surface area contributed by atoms with E-state index in [9.17, 15) is 4.79 Å². The van der Waals surface area contributed by atoms with Crippen molar-refractivity contribution in [2.45, 2.75) is 40.2 Å². The summed E-state index contributed by atoms with van der Waals surface area (Å²) in [4.78, 5) is 12.3.